The van der Waals surface area contributed by atoms with E-state index in [-0.39, 0.29) is 11.7 Å². The van der Waals surface area contributed by atoms with E-state index in [1.807, 2.05) is 32.0 Å². The van der Waals surface area contributed by atoms with Crippen molar-refractivity contribution in [2.75, 3.05) is 5.75 Å². The van der Waals surface area contributed by atoms with Crippen LogP contribution in [0.1, 0.15) is 22.8 Å². The van der Waals surface area contributed by atoms with Gasteiger partial charge in [0, 0.05) is 22.1 Å². The summed E-state index contributed by atoms with van der Waals surface area (Å²) >= 11 is 0. The Morgan fingerprint density at radius 2 is 2.14 bits per heavy atom. The third-order valence-electron chi connectivity index (χ3n) is 2.49. The van der Waals surface area contributed by atoms with Crippen LogP contribution in [0.15, 0.2) is 23.1 Å². The molecule has 14 heavy (non-hydrogen) atoms. The number of benzene rings is 1. The lowest BCUT2D eigenvalue weighted by Crippen LogP contribution is -2.25. The second kappa shape index (κ2) is 3.31. The van der Waals surface area contributed by atoms with Gasteiger partial charge in [0.05, 0.1) is 10.8 Å². The van der Waals surface area contributed by atoms with Crippen molar-refractivity contribution in [3.63, 3.8) is 0 Å². The molecule has 2 nitrogen and oxygen atoms in total. The molecule has 0 radical (unpaired) electrons. The van der Waals surface area contributed by atoms with Gasteiger partial charge in [-0.2, -0.15) is 0 Å². The number of hydrogen-bond donors (Lipinski definition) is 0. The third-order valence-corrected chi connectivity index (χ3v) is 4.14. The molecule has 3 heteroatoms. The number of carbonyl (C=O) groups is 1. The topological polar surface area (TPSA) is 34.1 Å². The van der Waals surface area contributed by atoms with Crippen molar-refractivity contribution in [1.29, 1.82) is 0 Å². The predicted octanol–water partition coefficient (Wildman–Crippen LogP) is 1.94. The minimum absolute atomic E-state index is 0.106. The number of aryl methyl sites for hydroxylation is 1. The molecule has 0 aliphatic carbocycles. The summed E-state index contributed by atoms with van der Waals surface area (Å²) in [5.41, 5.74) is 1.70. The lowest BCUT2D eigenvalue weighted by Gasteiger charge is -2.19. The fourth-order valence-corrected chi connectivity index (χ4v) is 3.10. The zero-order valence-electron chi connectivity index (χ0n) is 8.24. The first-order valence-corrected chi connectivity index (χ1v) is 5.94. The first kappa shape index (κ1) is 9.59. The quantitative estimate of drug-likeness (QED) is 0.653. The Morgan fingerprint density at radius 1 is 1.43 bits per heavy atom. The van der Waals surface area contributed by atoms with Gasteiger partial charge in [-0.1, -0.05) is 18.6 Å². The van der Waals surface area contributed by atoms with E-state index in [9.17, 15) is 9.00 Å². The molecule has 2 rings (SSSR count). The van der Waals surface area contributed by atoms with Crippen LogP contribution in [0.3, 0.4) is 0 Å². The highest BCUT2D eigenvalue weighted by atomic mass is 32.2. The SMILES string of the molecule is Cc1ccc2c(c1)C(=O)C(C)CS2=O. The number of rotatable bonds is 0. The molecular formula is C11H12O2S. The van der Waals surface area contributed by atoms with Crippen molar-refractivity contribution in [3.8, 4) is 0 Å². The van der Waals surface area contributed by atoms with Crippen molar-refractivity contribution in [1.82, 2.24) is 0 Å². The first-order valence-electron chi connectivity index (χ1n) is 4.63. The maximum absolute atomic E-state index is 11.8. The van der Waals surface area contributed by atoms with Gasteiger partial charge >= 0.3 is 0 Å². The molecule has 2 unspecified atom stereocenters. The van der Waals surface area contributed by atoms with Crippen LogP contribution in [-0.4, -0.2) is 15.7 Å². The highest BCUT2D eigenvalue weighted by Crippen LogP contribution is 2.26. The molecule has 2 atom stereocenters. The summed E-state index contributed by atoms with van der Waals surface area (Å²) in [7, 11) is -0.995. The number of ketones is 1. The Labute approximate surface area is 85.8 Å². The molecular weight excluding hydrogens is 196 g/mol. The molecule has 0 aromatic heterocycles. The van der Waals surface area contributed by atoms with Crippen LogP contribution in [0.5, 0.6) is 0 Å². The molecule has 0 fully saturated rings. The second-order valence-electron chi connectivity index (χ2n) is 3.78. The maximum atomic E-state index is 11.8. The van der Waals surface area contributed by atoms with Crippen LogP contribution in [0.4, 0.5) is 0 Å². The van der Waals surface area contributed by atoms with Crippen molar-refractivity contribution in [3.05, 3.63) is 29.3 Å². The Kier molecular flexibility index (Phi) is 2.27. The highest BCUT2D eigenvalue weighted by molar-refractivity contribution is 7.85. The first-order chi connectivity index (χ1) is 6.59. The van der Waals surface area contributed by atoms with Crippen LogP contribution >= 0.6 is 0 Å². The average molecular weight is 208 g/mol. The van der Waals surface area contributed by atoms with Gasteiger partial charge in [0.25, 0.3) is 0 Å². The van der Waals surface area contributed by atoms with Gasteiger partial charge in [-0.3, -0.25) is 9.00 Å². The predicted molar refractivity (Wildman–Crippen MR) is 55.9 cm³/mol. The van der Waals surface area contributed by atoms with Gasteiger partial charge in [-0.25, -0.2) is 0 Å². The highest BCUT2D eigenvalue weighted by Gasteiger charge is 2.28. The van der Waals surface area contributed by atoms with Crippen molar-refractivity contribution in [2.24, 2.45) is 5.92 Å². The van der Waals surface area contributed by atoms with E-state index in [1.54, 1.807) is 0 Å². The van der Waals surface area contributed by atoms with Gasteiger partial charge in [0.15, 0.2) is 5.78 Å². The Morgan fingerprint density at radius 3 is 2.86 bits per heavy atom. The summed E-state index contributed by atoms with van der Waals surface area (Å²) in [5, 5.41) is 0. The van der Waals surface area contributed by atoms with Gasteiger partial charge < -0.3 is 0 Å². The molecule has 1 aromatic carbocycles. The van der Waals surface area contributed by atoms with Crippen molar-refractivity contribution in [2.45, 2.75) is 18.7 Å². The van der Waals surface area contributed by atoms with Crippen LogP contribution in [0, 0.1) is 12.8 Å². The minimum Gasteiger partial charge on any atom is -0.294 e. The minimum atomic E-state index is -0.995. The molecule has 1 aromatic rings. The van der Waals surface area contributed by atoms with E-state index >= 15 is 0 Å². The van der Waals surface area contributed by atoms with E-state index in [2.05, 4.69) is 0 Å². The summed E-state index contributed by atoms with van der Waals surface area (Å²) in [6.07, 6.45) is 0. The number of carbonyl (C=O) groups excluding carboxylic acids is 1. The van der Waals surface area contributed by atoms with Crippen molar-refractivity contribution >= 4 is 16.6 Å². The molecule has 0 N–H and O–H groups in total. The second-order valence-corrected chi connectivity index (χ2v) is 5.24. The van der Waals surface area contributed by atoms with Gasteiger partial charge in [-0.05, 0) is 19.1 Å². The molecule has 1 aliphatic heterocycles. The molecule has 0 amide bonds. The zero-order chi connectivity index (χ0) is 10.3. The lowest BCUT2D eigenvalue weighted by atomic mass is 9.99. The van der Waals surface area contributed by atoms with Crippen LogP contribution in [0.2, 0.25) is 0 Å². The van der Waals surface area contributed by atoms with E-state index in [1.165, 1.54) is 0 Å². The molecule has 0 saturated heterocycles. The molecule has 1 heterocycles. The summed E-state index contributed by atoms with van der Waals surface area (Å²) in [4.78, 5) is 12.5. The largest absolute Gasteiger partial charge is 0.294 e. The van der Waals surface area contributed by atoms with E-state index in [0.29, 0.717) is 16.2 Å². The Bertz CT molecular complexity index is 423. The molecule has 0 spiro atoms. The van der Waals surface area contributed by atoms with Crippen LogP contribution in [0.25, 0.3) is 0 Å². The van der Waals surface area contributed by atoms with Crippen molar-refractivity contribution < 1.29 is 9.00 Å². The number of hydrogen-bond acceptors (Lipinski definition) is 2. The van der Waals surface area contributed by atoms with Gasteiger partial charge in [0.2, 0.25) is 0 Å². The fraction of sp³-hybridized carbons (Fsp3) is 0.364. The Hall–Kier alpha value is -0.960. The summed E-state index contributed by atoms with van der Waals surface area (Å²) in [5.74, 6) is 0.489. The standard InChI is InChI=1S/C11H12O2S/c1-7-3-4-10-9(5-7)11(12)8(2)6-14(10)13/h3-5,8H,6H2,1-2H3. The van der Waals surface area contributed by atoms with E-state index in [4.69, 9.17) is 0 Å². The fourth-order valence-electron chi connectivity index (χ4n) is 1.69. The molecule has 74 valence electrons. The third kappa shape index (κ3) is 1.42. The average Bonchev–Trinajstić information content (AvgIpc) is 2.14. The lowest BCUT2D eigenvalue weighted by molar-refractivity contribution is 0.0935. The summed E-state index contributed by atoms with van der Waals surface area (Å²) in [6.45, 7) is 3.78. The summed E-state index contributed by atoms with van der Waals surface area (Å²) in [6, 6.07) is 5.55. The smallest absolute Gasteiger partial charge is 0.167 e. The number of fused-ring (bicyclic) bond motifs is 1. The molecule has 0 bridgehead atoms. The molecule has 0 saturated carbocycles. The van der Waals surface area contributed by atoms with Crippen LogP contribution < -0.4 is 0 Å². The Balaban J connectivity index is 2.62. The maximum Gasteiger partial charge on any atom is 0.167 e. The number of Topliss-reactive ketones (excluding diaryl/α,β-unsaturated/α-hetero) is 1. The van der Waals surface area contributed by atoms with E-state index < -0.39 is 10.8 Å². The van der Waals surface area contributed by atoms with Gasteiger partial charge in [0.1, 0.15) is 0 Å². The van der Waals surface area contributed by atoms with Gasteiger partial charge in [-0.15, -0.1) is 0 Å². The molecule has 1 aliphatic rings. The monoisotopic (exact) mass is 208 g/mol. The van der Waals surface area contributed by atoms with E-state index in [0.717, 1.165) is 5.56 Å². The normalized spacial score (nSPS) is 26.0. The van der Waals surface area contributed by atoms with Crippen LogP contribution in [-0.2, 0) is 10.8 Å². The summed E-state index contributed by atoms with van der Waals surface area (Å²) < 4.78 is 11.7. The zero-order valence-corrected chi connectivity index (χ0v) is 9.06.